The molecule has 146 valence electrons. The predicted octanol–water partition coefficient (Wildman–Crippen LogP) is 6.09. The van der Waals surface area contributed by atoms with E-state index in [1.807, 2.05) is 0 Å². The molecule has 0 bridgehead atoms. The smallest absolute Gasteiger partial charge is 0.0365 e. The van der Waals surface area contributed by atoms with Gasteiger partial charge in [-0.15, -0.1) is 0 Å². The van der Waals surface area contributed by atoms with Crippen molar-refractivity contribution >= 4 is 0 Å². The van der Waals surface area contributed by atoms with E-state index < -0.39 is 0 Å². The molecule has 0 saturated heterocycles. The topological polar surface area (TPSA) is 26.0 Å². The van der Waals surface area contributed by atoms with E-state index >= 15 is 0 Å². The molecular formula is C27H33N. The highest BCUT2D eigenvalue weighted by Crippen LogP contribution is 2.36. The van der Waals surface area contributed by atoms with Crippen molar-refractivity contribution in [3.8, 4) is 0 Å². The van der Waals surface area contributed by atoms with Gasteiger partial charge in [-0.2, -0.15) is 0 Å². The molecule has 0 amide bonds. The lowest BCUT2D eigenvalue weighted by Gasteiger charge is -2.35. The molecule has 28 heavy (non-hydrogen) atoms. The van der Waals surface area contributed by atoms with Crippen LogP contribution in [0.1, 0.15) is 54.2 Å². The molecule has 1 heteroatoms. The molecular weight excluding hydrogens is 338 g/mol. The van der Waals surface area contributed by atoms with Gasteiger partial charge in [0.15, 0.2) is 0 Å². The summed E-state index contributed by atoms with van der Waals surface area (Å²) in [6.45, 7) is 11.6. The fraction of sp³-hybridized carbons (Fsp3) is 0.333. The standard InChI is InChI=1S/C27H33N/c1-20-6-12-24(13-7-20)27(19-28,25-14-8-21(2)9-15-25)18-22-10-16-23(17-11-22)26(3,4)5/h6-17H,18-19,28H2,1-5H3. The third kappa shape index (κ3) is 4.20. The van der Waals surface area contributed by atoms with E-state index in [1.165, 1.54) is 33.4 Å². The first kappa shape index (κ1) is 20.4. The first-order chi connectivity index (χ1) is 13.2. The number of nitrogens with two attached hydrogens (primary N) is 1. The zero-order valence-electron chi connectivity index (χ0n) is 17.9. The van der Waals surface area contributed by atoms with Crippen LogP contribution in [-0.2, 0) is 17.3 Å². The Morgan fingerprint density at radius 1 is 0.607 bits per heavy atom. The number of rotatable bonds is 5. The summed E-state index contributed by atoms with van der Waals surface area (Å²) in [5.41, 5.74) is 14.2. The molecule has 0 unspecified atom stereocenters. The summed E-state index contributed by atoms with van der Waals surface area (Å²) in [4.78, 5) is 0. The fourth-order valence-electron chi connectivity index (χ4n) is 3.89. The van der Waals surface area contributed by atoms with E-state index in [0.717, 1.165) is 6.42 Å². The number of benzene rings is 3. The molecule has 2 N–H and O–H groups in total. The first-order valence-electron chi connectivity index (χ1n) is 10.2. The van der Waals surface area contributed by atoms with E-state index in [2.05, 4.69) is 107 Å². The number of hydrogen-bond acceptors (Lipinski definition) is 1. The molecule has 0 spiro atoms. The normalized spacial score (nSPS) is 12.2. The van der Waals surface area contributed by atoms with Crippen molar-refractivity contribution in [3.05, 3.63) is 106 Å². The molecule has 0 saturated carbocycles. The van der Waals surface area contributed by atoms with Crippen LogP contribution in [0.15, 0.2) is 72.8 Å². The van der Waals surface area contributed by atoms with Crippen LogP contribution in [0.3, 0.4) is 0 Å². The van der Waals surface area contributed by atoms with Gasteiger partial charge in [-0.3, -0.25) is 0 Å². The van der Waals surface area contributed by atoms with Crippen molar-refractivity contribution in [1.82, 2.24) is 0 Å². The van der Waals surface area contributed by atoms with Gasteiger partial charge in [-0.1, -0.05) is 105 Å². The van der Waals surface area contributed by atoms with Gasteiger partial charge in [0.1, 0.15) is 0 Å². The Balaban J connectivity index is 2.07. The van der Waals surface area contributed by atoms with Crippen LogP contribution in [0.2, 0.25) is 0 Å². The van der Waals surface area contributed by atoms with Crippen molar-refractivity contribution in [1.29, 1.82) is 0 Å². The summed E-state index contributed by atoms with van der Waals surface area (Å²) in [6.07, 6.45) is 0.889. The van der Waals surface area contributed by atoms with E-state index in [9.17, 15) is 0 Å². The molecule has 3 aromatic rings. The lowest BCUT2D eigenvalue weighted by molar-refractivity contribution is 0.521. The Bertz CT molecular complexity index is 849. The van der Waals surface area contributed by atoms with Crippen LogP contribution in [0.4, 0.5) is 0 Å². The minimum atomic E-state index is -0.231. The second-order valence-corrected chi connectivity index (χ2v) is 9.14. The summed E-state index contributed by atoms with van der Waals surface area (Å²) in [5.74, 6) is 0. The average Bonchev–Trinajstić information content (AvgIpc) is 2.67. The lowest BCUT2D eigenvalue weighted by atomic mass is 9.70. The Morgan fingerprint density at radius 2 is 1.00 bits per heavy atom. The second kappa shape index (κ2) is 7.93. The van der Waals surface area contributed by atoms with Crippen LogP contribution in [0, 0.1) is 13.8 Å². The second-order valence-electron chi connectivity index (χ2n) is 9.14. The van der Waals surface area contributed by atoms with Gasteiger partial charge in [-0.05, 0) is 47.9 Å². The van der Waals surface area contributed by atoms with Gasteiger partial charge in [0.25, 0.3) is 0 Å². The highest BCUT2D eigenvalue weighted by molar-refractivity contribution is 5.44. The summed E-state index contributed by atoms with van der Waals surface area (Å²) in [7, 11) is 0. The molecule has 0 aliphatic carbocycles. The van der Waals surface area contributed by atoms with E-state index in [4.69, 9.17) is 5.73 Å². The number of aryl methyl sites for hydroxylation is 2. The van der Waals surface area contributed by atoms with Crippen LogP contribution in [-0.4, -0.2) is 6.54 Å². The molecule has 0 aromatic heterocycles. The van der Waals surface area contributed by atoms with Crippen LogP contribution < -0.4 is 5.73 Å². The summed E-state index contributed by atoms with van der Waals surface area (Å²) in [6, 6.07) is 26.8. The Kier molecular flexibility index (Phi) is 5.76. The molecule has 0 radical (unpaired) electrons. The maximum Gasteiger partial charge on any atom is 0.0365 e. The SMILES string of the molecule is Cc1ccc(C(CN)(Cc2ccc(C(C)(C)C)cc2)c2ccc(C)cc2)cc1. The van der Waals surface area contributed by atoms with Gasteiger partial charge in [0, 0.05) is 12.0 Å². The third-order valence-corrected chi connectivity index (χ3v) is 5.88. The van der Waals surface area contributed by atoms with Crippen LogP contribution >= 0.6 is 0 Å². The van der Waals surface area contributed by atoms with Gasteiger partial charge in [0.2, 0.25) is 0 Å². The maximum absolute atomic E-state index is 6.49. The molecule has 0 fully saturated rings. The zero-order chi connectivity index (χ0) is 20.4. The van der Waals surface area contributed by atoms with Gasteiger partial charge in [-0.25, -0.2) is 0 Å². The van der Waals surface area contributed by atoms with E-state index in [1.54, 1.807) is 0 Å². The minimum absolute atomic E-state index is 0.164. The molecule has 0 aliphatic rings. The highest BCUT2D eigenvalue weighted by Gasteiger charge is 2.33. The molecule has 3 rings (SSSR count). The maximum atomic E-state index is 6.49. The zero-order valence-corrected chi connectivity index (χ0v) is 17.9. The third-order valence-electron chi connectivity index (χ3n) is 5.88. The summed E-state index contributed by atoms with van der Waals surface area (Å²) >= 11 is 0. The van der Waals surface area contributed by atoms with Gasteiger partial charge < -0.3 is 5.73 Å². The summed E-state index contributed by atoms with van der Waals surface area (Å²) in [5, 5.41) is 0. The van der Waals surface area contributed by atoms with E-state index in [-0.39, 0.29) is 10.8 Å². The van der Waals surface area contributed by atoms with Crippen molar-refractivity contribution < 1.29 is 0 Å². The van der Waals surface area contributed by atoms with Crippen molar-refractivity contribution in [2.45, 2.75) is 51.9 Å². The first-order valence-corrected chi connectivity index (χ1v) is 10.2. The number of hydrogen-bond donors (Lipinski definition) is 1. The van der Waals surface area contributed by atoms with E-state index in [0.29, 0.717) is 6.54 Å². The van der Waals surface area contributed by atoms with Gasteiger partial charge >= 0.3 is 0 Å². The molecule has 0 aliphatic heterocycles. The highest BCUT2D eigenvalue weighted by atomic mass is 14.6. The molecule has 3 aromatic carbocycles. The monoisotopic (exact) mass is 371 g/mol. The fourth-order valence-corrected chi connectivity index (χ4v) is 3.89. The average molecular weight is 372 g/mol. The van der Waals surface area contributed by atoms with Gasteiger partial charge in [0.05, 0.1) is 0 Å². The van der Waals surface area contributed by atoms with Crippen molar-refractivity contribution in [3.63, 3.8) is 0 Å². The quantitative estimate of drug-likeness (QED) is 0.577. The Hall–Kier alpha value is -2.38. The Labute approximate surface area is 170 Å². The van der Waals surface area contributed by atoms with Crippen LogP contribution in [0.25, 0.3) is 0 Å². The largest absolute Gasteiger partial charge is 0.329 e. The van der Waals surface area contributed by atoms with Crippen molar-refractivity contribution in [2.24, 2.45) is 5.73 Å². The summed E-state index contributed by atoms with van der Waals surface area (Å²) < 4.78 is 0. The minimum Gasteiger partial charge on any atom is -0.329 e. The van der Waals surface area contributed by atoms with Crippen LogP contribution in [0.5, 0.6) is 0 Å². The predicted molar refractivity (Wildman–Crippen MR) is 121 cm³/mol. The van der Waals surface area contributed by atoms with Crippen molar-refractivity contribution in [2.75, 3.05) is 6.54 Å². The molecule has 0 atom stereocenters. The Morgan fingerprint density at radius 3 is 1.36 bits per heavy atom. The molecule has 0 heterocycles. The molecule has 1 nitrogen and oxygen atoms in total. The lowest BCUT2D eigenvalue weighted by Crippen LogP contribution is -2.38.